The van der Waals surface area contributed by atoms with Gasteiger partial charge in [0.25, 0.3) is 0 Å². The van der Waals surface area contributed by atoms with Gasteiger partial charge in [-0.3, -0.25) is 0 Å². The summed E-state index contributed by atoms with van der Waals surface area (Å²) < 4.78 is 6.04. The molecule has 0 saturated heterocycles. The lowest BCUT2D eigenvalue weighted by Gasteiger charge is -1.99. The van der Waals surface area contributed by atoms with Crippen LogP contribution >= 0.6 is 27.7 Å². The van der Waals surface area contributed by atoms with Crippen molar-refractivity contribution in [3.05, 3.63) is 28.7 Å². The van der Waals surface area contributed by atoms with Gasteiger partial charge in [0.1, 0.15) is 0 Å². The molecule has 60 valence electrons. The van der Waals surface area contributed by atoms with Gasteiger partial charge in [-0.15, -0.1) is 0 Å². The van der Waals surface area contributed by atoms with E-state index in [0.29, 0.717) is 5.94 Å². The van der Waals surface area contributed by atoms with Crippen LogP contribution in [0.3, 0.4) is 0 Å². The van der Waals surface area contributed by atoms with Crippen LogP contribution in [0.25, 0.3) is 0 Å². The highest BCUT2D eigenvalue weighted by Crippen LogP contribution is 2.21. The van der Waals surface area contributed by atoms with E-state index in [1.807, 2.05) is 12.1 Å². The number of halogens is 1. The van der Waals surface area contributed by atoms with Crippen molar-refractivity contribution in [3.8, 4) is 0 Å². The van der Waals surface area contributed by atoms with Crippen LogP contribution in [-0.2, 0) is 4.74 Å². The normalized spacial score (nSPS) is 10.0. The molecule has 0 unspecified atom stereocenters. The van der Waals surface area contributed by atoms with Crippen LogP contribution in [0, 0.1) is 0 Å². The van der Waals surface area contributed by atoms with E-state index in [9.17, 15) is 0 Å². The fourth-order valence-electron chi connectivity index (χ4n) is 0.684. The highest BCUT2D eigenvalue weighted by atomic mass is 79.9. The zero-order chi connectivity index (χ0) is 8.10. The minimum absolute atomic E-state index is 0.705. The molecule has 1 rings (SSSR count). The molecule has 0 radical (unpaired) electrons. The predicted octanol–water partition coefficient (Wildman–Crippen LogP) is 3.15. The van der Waals surface area contributed by atoms with Crippen LogP contribution in [0.15, 0.2) is 33.6 Å². The van der Waals surface area contributed by atoms with Crippen molar-refractivity contribution in [1.29, 1.82) is 0 Å². The lowest BCUT2D eigenvalue weighted by atomic mass is 10.4. The topological polar surface area (TPSA) is 9.23 Å². The van der Waals surface area contributed by atoms with Gasteiger partial charge in [0.15, 0.2) is 0 Å². The molecule has 0 spiro atoms. The summed E-state index contributed by atoms with van der Waals surface area (Å²) >= 11 is 5.08. The van der Waals surface area contributed by atoms with Crippen molar-refractivity contribution in [2.75, 3.05) is 13.0 Å². The van der Waals surface area contributed by atoms with Crippen LogP contribution in [0.1, 0.15) is 0 Å². The second-order valence-corrected chi connectivity index (χ2v) is 3.92. The van der Waals surface area contributed by atoms with Crippen LogP contribution in [0.5, 0.6) is 0 Å². The van der Waals surface area contributed by atoms with Crippen molar-refractivity contribution in [2.45, 2.75) is 4.90 Å². The molecule has 1 nitrogen and oxygen atoms in total. The SMILES string of the molecule is COCSc1cccc(Br)c1. The maximum Gasteiger partial charge on any atom is 0.0963 e. The molecular weight excluding hydrogens is 224 g/mol. The quantitative estimate of drug-likeness (QED) is 0.585. The second kappa shape index (κ2) is 4.80. The Kier molecular flexibility index (Phi) is 3.97. The third-order valence-corrected chi connectivity index (χ3v) is 2.57. The Balaban J connectivity index is 2.56. The van der Waals surface area contributed by atoms with Crippen LogP contribution in [-0.4, -0.2) is 13.0 Å². The third-order valence-electron chi connectivity index (χ3n) is 1.14. The predicted molar refractivity (Wildman–Crippen MR) is 51.9 cm³/mol. The van der Waals surface area contributed by atoms with Gasteiger partial charge >= 0.3 is 0 Å². The molecule has 0 atom stereocenters. The Labute approximate surface area is 79.3 Å². The molecule has 0 heterocycles. The Morgan fingerprint density at radius 2 is 2.36 bits per heavy atom. The average Bonchev–Trinajstić information content (AvgIpc) is 2.01. The first-order valence-electron chi connectivity index (χ1n) is 3.20. The molecule has 0 bridgehead atoms. The van der Waals surface area contributed by atoms with Crippen LogP contribution < -0.4 is 0 Å². The Hall–Kier alpha value is 0.01000. The standard InChI is InChI=1S/C8H9BrOS/c1-10-6-11-8-4-2-3-7(9)5-8/h2-5H,6H2,1H3. The molecule has 1 aromatic rings. The van der Waals surface area contributed by atoms with E-state index in [1.165, 1.54) is 4.90 Å². The van der Waals surface area contributed by atoms with E-state index in [2.05, 4.69) is 28.1 Å². The second-order valence-electron chi connectivity index (χ2n) is 2.01. The number of hydrogen-bond acceptors (Lipinski definition) is 2. The van der Waals surface area contributed by atoms with Crippen molar-refractivity contribution >= 4 is 27.7 Å². The summed E-state index contributed by atoms with van der Waals surface area (Å²) in [4.78, 5) is 1.22. The largest absolute Gasteiger partial charge is 0.374 e. The number of thioether (sulfide) groups is 1. The number of hydrogen-bond donors (Lipinski definition) is 0. The number of ether oxygens (including phenoxy) is 1. The highest BCUT2D eigenvalue weighted by Gasteiger charge is 1.92. The summed E-state index contributed by atoms with van der Waals surface area (Å²) in [7, 11) is 1.70. The molecule has 0 saturated carbocycles. The minimum Gasteiger partial charge on any atom is -0.374 e. The van der Waals surface area contributed by atoms with E-state index in [-0.39, 0.29) is 0 Å². The summed E-state index contributed by atoms with van der Waals surface area (Å²) in [5.74, 6) is 0.705. The highest BCUT2D eigenvalue weighted by molar-refractivity contribution is 9.10. The molecule has 0 aliphatic heterocycles. The van der Waals surface area contributed by atoms with Crippen molar-refractivity contribution in [3.63, 3.8) is 0 Å². The third kappa shape index (κ3) is 3.27. The summed E-state index contributed by atoms with van der Waals surface area (Å²) in [5, 5.41) is 0. The summed E-state index contributed by atoms with van der Waals surface area (Å²) in [6.45, 7) is 0. The zero-order valence-electron chi connectivity index (χ0n) is 6.21. The smallest absolute Gasteiger partial charge is 0.0963 e. The van der Waals surface area contributed by atoms with Gasteiger partial charge in [0.2, 0.25) is 0 Å². The summed E-state index contributed by atoms with van der Waals surface area (Å²) in [6, 6.07) is 8.16. The van der Waals surface area contributed by atoms with E-state index < -0.39 is 0 Å². The fraction of sp³-hybridized carbons (Fsp3) is 0.250. The van der Waals surface area contributed by atoms with Crippen molar-refractivity contribution < 1.29 is 4.74 Å². The molecule has 0 aromatic heterocycles. The van der Waals surface area contributed by atoms with E-state index in [0.717, 1.165) is 4.47 Å². The summed E-state index contributed by atoms with van der Waals surface area (Å²) in [5.41, 5.74) is 0. The van der Waals surface area contributed by atoms with E-state index in [1.54, 1.807) is 18.9 Å². The first-order chi connectivity index (χ1) is 5.33. The molecule has 0 aliphatic carbocycles. The molecular formula is C8H9BrOS. The van der Waals surface area contributed by atoms with Crippen molar-refractivity contribution in [2.24, 2.45) is 0 Å². The van der Waals surface area contributed by atoms with Gasteiger partial charge in [-0.05, 0) is 18.2 Å². The van der Waals surface area contributed by atoms with Crippen LogP contribution in [0.4, 0.5) is 0 Å². The van der Waals surface area contributed by atoms with Crippen LogP contribution in [0.2, 0.25) is 0 Å². The van der Waals surface area contributed by atoms with E-state index >= 15 is 0 Å². The molecule has 0 N–H and O–H groups in total. The Morgan fingerprint density at radius 1 is 1.55 bits per heavy atom. The monoisotopic (exact) mass is 232 g/mol. The summed E-state index contributed by atoms with van der Waals surface area (Å²) in [6.07, 6.45) is 0. The molecule has 0 aliphatic rings. The number of rotatable bonds is 3. The first kappa shape index (κ1) is 9.10. The van der Waals surface area contributed by atoms with Gasteiger partial charge in [-0.1, -0.05) is 33.8 Å². The lowest BCUT2D eigenvalue weighted by Crippen LogP contribution is -1.80. The maximum atomic E-state index is 4.93. The fourth-order valence-corrected chi connectivity index (χ4v) is 1.87. The minimum atomic E-state index is 0.705. The van der Waals surface area contributed by atoms with Gasteiger partial charge in [-0.25, -0.2) is 0 Å². The van der Waals surface area contributed by atoms with Gasteiger partial charge in [0.05, 0.1) is 5.94 Å². The maximum absolute atomic E-state index is 4.93. The lowest BCUT2D eigenvalue weighted by molar-refractivity contribution is 0.259. The molecule has 3 heteroatoms. The van der Waals surface area contributed by atoms with Crippen molar-refractivity contribution in [1.82, 2.24) is 0 Å². The first-order valence-corrected chi connectivity index (χ1v) is 4.98. The van der Waals surface area contributed by atoms with Gasteiger partial charge in [-0.2, -0.15) is 0 Å². The average molecular weight is 233 g/mol. The molecule has 11 heavy (non-hydrogen) atoms. The zero-order valence-corrected chi connectivity index (χ0v) is 8.61. The molecule has 0 amide bonds. The molecule has 0 fully saturated rings. The van der Waals surface area contributed by atoms with E-state index in [4.69, 9.17) is 4.74 Å². The van der Waals surface area contributed by atoms with Gasteiger partial charge < -0.3 is 4.74 Å². The number of benzene rings is 1. The Morgan fingerprint density at radius 3 is 3.00 bits per heavy atom. The van der Waals surface area contributed by atoms with Gasteiger partial charge in [0, 0.05) is 16.5 Å². The molecule has 1 aromatic carbocycles. The Bertz CT molecular complexity index is 227. The number of methoxy groups -OCH3 is 1.